The van der Waals surface area contributed by atoms with Crippen molar-refractivity contribution < 1.29 is 42.3 Å². The minimum Gasteiger partial charge on any atom is -0.466 e. The highest BCUT2D eigenvalue weighted by Crippen LogP contribution is 2.24. The maximum atomic E-state index is 13.2. The Bertz CT molecular complexity index is 1370. The Labute approximate surface area is 244 Å². The third kappa shape index (κ3) is 11.7. The first-order valence-electron chi connectivity index (χ1n) is 12.2. The largest absolute Gasteiger partial charge is 0.466 e. The number of carbonyl (C=O) groups excluding carboxylic acids is 3. The zero-order valence-electron chi connectivity index (χ0n) is 22.6. The average molecular weight is 617 g/mol. The lowest BCUT2D eigenvalue weighted by atomic mass is 10.1. The number of esters is 2. The molecule has 3 aromatic rings. The molecule has 0 spiro atoms. The van der Waals surface area contributed by atoms with Gasteiger partial charge in [0.1, 0.15) is 11.6 Å². The second-order valence-electron chi connectivity index (χ2n) is 7.88. The monoisotopic (exact) mass is 616 g/mol. The van der Waals surface area contributed by atoms with E-state index in [1.807, 2.05) is 13.8 Å². The van der Waals surface area contributed by atoms with E-state index < -0.39 is 28.2 Å². The lowest BCUT2D eigenvalue weighted by Gasteiger charge is -2.09. The number of rotatable bonds is 9. The number of nitrogens with zero attached hydrogens (tertiary/aromatic N) is 2. The lowest BCUT2D eigenvalue weighted by molar-refractivity contribution is -0.385. The van der Waals surface area contributed by atoms with E-state index in [0.717, 1.165) is 6.07 Å². The summed E-state index contributed by atoms with van der Waals surface area (Å²) >= 11 is 11.0. The van der Waals surface area contributed by atoms with E-state index in [4.69, 9.17) is 37.4 Å². The summed E-state index contributed by atoms with van der Waals surface area (Å²) in [6, 6.07) is 5.77. The number of nitro benzene ring substituents is 1. The van der Waals surface area contributed by atoms with Crippen LogP contribution in [0.5, 0.6) is 0 Å². The van der Waals surface area contributed by atoms with Crippen LogP contribution >= 0.6 is 23.2 Å². The van der Waals surface area contributed by atoms with E-state index in [-0.39, 0.29) is 34.0 Å². The Balaban J connectivity index is 0.000000317. The minimum atomic E-state index is -0.918. The topological polar surface area (TPSA) is 135 Å². The zero-order valence-corrected chi connectivity index (χ0v) is 24.1. The van der Waals surface area contributed by atoms with Crippen molar-refractivity contribution in [3.63, 3.8) is 0 Å². The SMILES string of the molecule is CCOC(=O)CC(C)OCC.CCOC(=O)c1cnc2cc(F)c(Cl)cc2c1.O=Cc1cc(Cl)c(F)cc1[N+](=O)[O-]. The molecule has 0 N–H and O–H groups in total. The Hall–Kier alpha value is -3.74. The summed E-state index contributed by atoms with van der Waals surface area (Å²) in [5, 5.41) is 10.6. The van der Waals surface area contributed by atoms with Crippen LogP contribution in [0.3, 0.4) is 0 Å². The number of benzene rings is 2. The van der Waals surface area contributed by atoms with Crippen LogP contribution in [0.4, 0.5) is 14.5 Å². The van der Waals surface area contributed by atoms with Crippen LogP contribution in [0.2, 0.25) is 10.0 Å². The molecule has 3 rings (SSSR count). The smallest absolute Gasteiger partial charge is 0.339 e. The molecule has 222 valence electrons. The Morgan fingerprint density at radius 1 is 1.00 bits per heavy atom. The molecule has 1 aromatic heterocycles. The molecule has 0 saturated carbocycles. The Morgan fingerprint density at radius 2 is 1.61 bits per heavy atom. The van der Waals surface area contributed by atoms with Crippen molar-refractivity contribution in [1.82, 2.24) is 4.98 Å². The molecule has 0 aliphatic rings. The van der Waals surface area contributed by atoms with Gasteiger partial charge in [-0.15, -0.1) is 0 Å². The second-order valence-corrected chi connectivity index (χ2v) is 8.69. The highest BCUT2D eigenvalue weighted by Gasteiger charge is 2.17. The molecule has 0 aliphatic carbocycles. The highest BCUT2D eigenvalue weighted by atomic mass is 35.5. The quantitative estimate of drug-likeness (QED) is 0.110. The number of ether oxygens (including phenoxy) is 3. The van der Waals surface area contributed by atoms with E-state index in [9.17, 15) is 33.3 Å². The summed E-state index contributed by atoms with van der Waals surface area (Å²) < 4.78 is 40.6. The van der Waals surface area contributed by atoms with Gasteiger partial charge in [0.2, 0.25) is 0 Å². The van der Waals surface area contributed by atoms with Gasteiger partial charge in [-0.25, -0.2) is 13.6 Å². The van der Waals surface area contributed by atoms with Gasteiger partial charge in [-0.2, -0.15) is 0 Å². The molecule has 0 radical (unpaired) electrons. The number of hydrogen-bond acceptors (Lipinski definition) is 9. The van der Waals surface area contributed by atoms with E-state index >= 15 is 0 Å². The van der Waals surface area contributed by atoms with Crippen LogP contribution in [0.25, 0.3) is 10.9 Å². The van der Waals surface area contributed by atoms with E-state index in [1.54, 1.807) is 19.9 Å². The van der Waals surface area contributed by atoms with Crippen molar-refractivity contribution in [2.75, 3.05) is 19.8 Å². The number of pyridine rings is 1. The van der Waals surface area contributed by atoms with Crippen LogP contribution in [0, 0.1) is 21.7 Å². The van der Waals surface area contributed by atoms with E-state index in [2.05, 4.69) is 4.98 Å². The molecule has 1 unspecified atom stereocenters. The maximum Gasteiger partial charge on any atom is 0.339 e. The molecule has 1 atom stereocenters. The standard InChI is InChI=1S/C12H9ClFNO2.C8H16O3.C7H3ClFNO3/c1-2-17-12(16)8-3-7-4-9(13)10(14)5-11(7)15-6-8;1-4-10-7(3)6-8(9)11-5-2;8-5-1-4(3-11)7(10(12)13)2-6(5)9/h3-6H,2H2,1H3;7H,4-6H2,1-3H3;1-3H. The van der Waals surface area contributed by atoms with Crippen molar-refractivity contribution in [2.24, 2.45) is 0 Å². The molecule has 0 saturated heterocycles. The summed E-state index contributed by atoms with van der Waals surface area (Å²) in [5.74, 6) is -2.09. The van der Waals surface area contributed by atoms with Crippen molar-refractivity contribution in [3.05, 3.63) is 79.4 Å². The predicted molar refractivity (Wildman–Crippen MR) is 148 cm³/mol. The average Bonchev–Trinajstić information content (AvgIpc) is 2.91. The summed E-state index contributed by atoms with van der Waals surface area (Å²) in [5.41, 5.74) is -0.0599. The van der Waals surface area contributed by atoms with Crippen molar-refractivity contribution in [3.8, 4) is 0 Å². The maximum absolute atomic E-state index is 13.2. The van der Waals surface area contributed by atoms with Crippen LogP contribution in [0.15, 0.2) is 36.5 Å². The van der Waals surface area contributed by atoms with Gasteiger partial charge >= 0.3 is 11.9 Å². The van der Waals surface area contributed by atoms with Crippen molar-refractivity contribution in [2.45, 2.75) is 40.2 Å². The predicted octanol–water partition coefficient (Wildman–Crippen LogP) is 6.77. The van der Waals surface area contributed by atoms with Gasteiger partial charge in [0, 0.05) is 24.3 Å². The lowest BCUT2D eigenvalue weighted by Crippen LogP contribution is -2.16. The summed E-state index contributed by atoms with van der Waals surface area (Å²) in [6.07, 6.45) is 1.93. The van der Waals surface area contributed by atoms with Crippen molar-refractivity contribution in [1.29, 1.82) is 0 Å². The van der Waals surface area contributed by atoms with Crippen molar-refractivity contribution >= 4 is 58.0 Å². The molecule has 10 nitrogen and oxygen atoms in total. The fourth-order valence-electron chi connectivity index (χ4n) is 3.05. The fourth-order valence-corrected chi connectivity index (χ4v) is 3.40. The number of carbonyl (C=O) groups is 3. The molecule has 0 amide bonds. The van der Waals surface area contributed by atoms with Gasteiger partial charge in [-0.1, -0.05) is 23.2 Å². The molecule has 0 aliphatic heterocycles. The number of nitro groups is 1. The first kappa shape index (κ1) is 35.3. The normalized spacial score (nSPS) is 10.8. The van der Waals surface area contributed by atoms with Crippen LogP contribution in [0.1, 0.15) is 54.8 Å². The van der Waals surface area contributed by atoms with Crippen LogP contribution < -0.4 is 0 Å². The Kier molecular flexibility index (Phi) is 15.4. The van der Waals surface area contributed by atoms with E-state index in [0.29, 0.717) is 48.8 Å². The molecular weight excluding hydrogens is 589 g/mol. The van der Waals surface area contributed by atoms with Gasteiger partial charge in [-0.3, -0.25) is 24.7 Å². The molecular formula is C27H28Cl2F2N2O8. The third-order valence-electron chi connectivity index (χ3n) is 4.84. The molecule has 0 bridgehead atoms. The molecule has 0 fully saturated rings. The number of hydrogen-bond donors (Lipinski definition) is 0. The summed E-state index contributed by atoms with van der Waals surface area (Å²) in [6.45, 7) is 8.66. The molecule has 1 heterocycles. The Morgan fingerprint density at radius 3 is 2.17 bits per heavy atom. The highest BCUT2D eigenvalue weighted by molar-refractivity contribution is 6.31. The van der Waals surface area contributed by atoms with Gasteiger partial charge in [-0.05, 0) is 45.9 Å². The molecule has 2 aromatic carbocycles. The van der Waals surface area contributed by atoms with Gasteiger partial charge in [0.05, 0.1) is 63.4 Å². The molecule has 14 heteroatoms. The van der Waals surface area contributed by atoms with Crippen LogP contribution in [-0.2, 0) is 19.0 Å². The number of aldehydes is 1. The zero-order chi connectivity index (χ0) is 31.1. The van der Waals surface area contributed by atoms with Gasteiger partial charge < -0.3 is 14.2 Å². The first-order valence-corrected chi connectivity index (χ1v) is 12.9. The number of halogens is 4. The summed E-state index contributed by atoms with van der Waals surface area (Å²) in [7, 11) is 0. The summed E-state index contributed by atoms with van der Waals surface area (Å²) in [4.78, 5) is 46.0. The first-order chi connectivity index (χ1) is 19.4. The molecule has 41 heavy (non-hydrogen) atoms. The fraction of sp³-hybridized carbons (Fsp3) is 0.333. The second kappa shape index (κ2) is 17.8. The number of fused-ring (bicyclic) bond motifs is 1. The van der Waals surface area contributed by atoms with Crippen LogP contribution in [-0.4, -0.2) is 54.1 Å². The van der Waals surface area contributed by atoms with E-state index in [1.165, 1.54) is 18.3 Å². The number of aromatic nitrogens is 1. The minimum absolute atomic E-state index is 0.000286. The third-order valence-corrected chi connectivity index (χ3v) is 5.42. The van der Waals surface area contributed by atoms with Gasteiger partial charge in [0.15, 0.2) is 6.29 Å². The van der Waals surface area contributed by atoms with Gasteiger partial charge in [0.25, 0.3) is 5.69 Å².